The van der Waals surface area contributed by atoms with Crippen LogP contribution in [0.15, 0.2) is 66.8 Å². The molecular weight excluding hydrogens is 430 g/mol. The summed E-state index contributed by atoms with van der Waals surface area (Å²) in [5.74, 6) is 1.22. The number of amides is 1. The molecule has 4 heterocycles. The predicted molar refractivity (Wildman–Crippen MR) is 107 cm³/mol. The summed E-state index contributed by atoms with van der Waals surface area (Å²) in [6.45, 7) is 1.80. The normalized spacial score (nSPS) is 16.6. The molecule has 4 rings (SSSR count). The summed E-state index contributed by atoms with van der Waals surface area (Å²) in [5, 5.41) is 8.00. The second kappa shape index (κ2) is 7.28. The third-order valence-corrected chi connectivity index (χ3v) is 5.76. The Kier molecular flexibility index (Phi) is 4.84. The Hall–Kier alpha value is -2.45. The van der Waals surface area contributed by atoms with Crippen LogP contribution in [0.2, 0.25) is 0 Å². The van der Waals surface area contributed by atoms with E-state index in [-0.39, 0.29) is 24.1 Å². The van der Waals surface area contributed by atoms with Gasteiger partial charge in [-0.2, -0.15) is 5.10 Å². The Bertz CT molecular complexity index is 1070. The van der Waals surface area contributed by atoms with Gasteiger partial charge in [0.1, 0.15) is 23.8 Å². The molecule has 1 unspecified atom stereocenters. The van der Waals surface area contributed by atoms with Crippen LogP contribution in [0.4, 0.5) is 0 Å². The van der Waals surface area contributed by atoms with Gasteiger partial charge in [-0.1, -0.05) is 6.07 Å². The number of carbonyl (C=O) groups is 1. The molecule has 0 spiro atoms. The Morgan fingerprint density at radius 3 is 2.89 bits per heavy atom. The van der Waals surface area contributed by atoms with Crippen molar-refractivity contribution < 1.29 is 9.21 Å². The van der Waals surface area contributed by atoms with Gasteiger partial charge in [-0.15, -0.1) is 11.3 Å². The second-order valence-corrected chi connectivity index (χ2v) is 8.14. The highest BCUT2D eigenvalue weighted by Crippen LogP contribution is 2.35. The lowest BCUT2D eigenvalue weighted by atomic mass is 10.1. The third-order valence-electron chi connectivity index (χ3n) is 4.32. The maximum Gasteiger partial charge on any atom is 0.263 e. The Morgan fingerprint density at radius 2 is 2.19 bits per heavy atom. The van der Waals surface area contributed by atoms with Gasteiger partial charge in [-0.3, -0.25) is 9.59 Å². The lowest BCUT2D eigenvalue weighted by molar-refractivity contribution is -0.133. The summed E-state index contributed by atoms with van der Waals surface area (Å²) in [6.07, 6.45) is 2.18. The average Bonchev–Trinajstić information content (AvgIpc) is 3.37. The second-order valence-electron chi connectivity index (χ2n) is 6.24. The van der Waals surface area contributed by atoms with Crippen LogP contribution in [0.3, 0.4) is 0 Å². The summed E-state index contributed by atoms with van der Waals surface area (Å²) < 4.78 is 7.80. The zero-order chi connectivity index (χ0) is 19.0. The number of aromatic nitrogens is 1. The van der Waals surface area contributed by atoms with Gasteiger partial charge in [0.2, 0.25) is 0 Å². The van der Waals surface area contributed by atoms with E-state index in [4.69, 9.17) is 4.42 Å². The first-order chi connectivity index (χ1) is 13.0. The van der Waals surface area contributed by atoms with Gasteiger partial charge in [0.15, 0.2) is 0 Å². The van der Waals surface area contributed by atoms with Gasteiger partial charge in [0.25, 0.3) is 11.5 Å². The van der Waals surface area contributed by atoms with Crippen molar-refractivity contribution in [3.8, 4) is 0 Å². The quantitative estimate of drug-likeness (QED) is 0.610. The highest BCUT2D eigenvalue weighted by molar-refractivity contribution is 9.10. The van der Waals surface area contributed by atoms with E-state index in [1.807, 2.05) is 36.6 Å². The maximum absolute atomic E-state index is 13.0. The van der Waals surface area contributed by atoms with E-state index < -0.39 is 0 Å². The van der Waals surface area contributed by atoms with Crippen LogP contribution in [-0.2, 0) is 11.3 Å². The molecule has 1 atom stereocenters. The molecule has 1 amide bonds. The van der Waals surface area contributed by atoms with Crippen LogP contribution < -0.4 is 5.56 Å². The number of rotatable bonds is 4. The van der Waals surface area contributed by atoms with Crippen LogP contribution >= 0.6 is 27.3 Å². The number of pyridine rings is 1. The topological polar surface area (TPSA) is 67.8 Å². The number of halogens is 1. The molecule has 0 radical (unpaired) electrons. The number of thiophene rings is 1. The fourth-order valence-electron chi connectivity index (χ4n) is 3.03. The molecule has 0 N–H and O–H groups in total. The molecule has 0 saturated heterocycles. The highest BCUT2D eigenvalue weighted by Gasteiger charge is 2.34. The number of carbonyl (C=O) groups excluding carboxylic acids is 1. The number of hydrazone groups is 1. The van der Waals surface area contributed by atoms with Gasteiger partial charge in [-0.25, -0.2) is 5.01 Å². The van der Waals surface area contributed by atoms with E-state index in [0.29, 0.717) is 12.2 Å². The minimum atomic E-state index is -0.244. The number of aryl methyl sites for hydroxylation is 1. The van der Waals surface area contributed by atoms with E-state index in [1.54, 1.807) is 23.6 Å². The predicted octanol–water partition coefficient (Wildman–Crippen LogP) is 3.95. The lowest BCUT2D eigenvalue weighted by Gasteiger charge is -2.21. The molecule has 8 heteroatoms. The van der Waals surface area contributed by atoms with Crippen molar-refractivity contribution in [3.63, 3.8) is 0 Å². The van der Waals surface area contributed by atoms with E-state index in [1.165, 1.54) is 15.6 Å². The fourth-order valence-corrected chi connectivity index (χ4v) is 4.22. The van der Waals surface area contributed by atoms with Gasteiger partial charge in [-0.05, 0) is 52.5 Å². The maximum atomic E-state index is 13.0. The largest absolute Gasteiger partial charge is 0.460 e. The van der Waals surface area contributed by atoms with E-state index in [2.05, 4.69) is 21.0 Å². The number of hydrogen-bond acceptors (Lipinski definition) is 5. The minimum Gasteiger partial charge on any atom is -0.460 e. The third kappa shape index (κ3) is 3.68. The molecule has 1 aliphatic heterocycles. The van der Waals surface area contributed by atoms with Crippen LogP contribution in [-0.4, -0.2) is 21.2 Å². The molecule has 0 aliphatic carbocycles. The zero-order valence-corrected chi connectivity index (χ0v) is 16.9. The van der Waals surface area contributed by atoms with E-state index in [9.17, 15) is 9.59 Å². The molecule has 3 aromatic heterocycles. The summed E-state index contributed by atoms with van der Waals surface area (Å²) in [4.78, 5) is 26.1. The molecule has 0 saturated carbocycles. The van der Waals surface area contributed by atoms with Crippen molar-refractivity contribution in [2.75, 3.05) is 0 Å². The van der Waals surface area contributed by atoms with Crippen molar-refractivity contribution in [3.05, 3.63) is 79.2 Å². The van der Waals surface area contributed by atoms with Crippen LogP contribution in [0.5, 0.6) is 0 Å². The molecule has 6 nitrogen and oxygen atoms in total. The minimum absolute atomic E-state index is 0.0753. The first-order valence-corrected chi connectivity index (χ1v) is 10.0. The summed E-state index contributed by atoms with van der Waals surface area (Å²) in [6, 6.07) is 10.6. The molecule has 1 aliphatic rings. The molecular formula is C19H16BrN3O3S. The fraction of sp³-hybridized carbons (Fsp3) is 0.211. The van der Waals surface area contributed by atoms with Crippen LogP contribution in [0.25, 0.3) is 0 Å². The van der Waals surface area contributed by atoms with E-state index >= 15 is 0 Å². The summed E-state index contributed by atoms with van der Waals surface area (Å²) >= 11 is 4.91. The van der Waals surface area contributed by atoms with Crippen molar-refractivity contribution in [1.82, 2.24) is 9.58 Å². The van der Waals surface area contributed by atoms with Crippen molar-refractivity contribution >= 4 is 38.9 Å². The number of hydrogen-bond donors (Lipinski definition) is 0. The Labute approximate surface area is 167 Å². The Balaban J connectivity index is 1.65. The zero-order valence-electron chi connectivity index (χ0n) is 14.5. The van der Waals surface area contributed by atoms with Crippen molar-refractivity contribution in [2.24, 2.45) is 5.10 Å². The smallest absolute Gasteiger partial charge is 0.263 e. The first kappa shape index (κ1) is 17.9. The summed E-state index contributed by atoms with van der Waals surface area (Å²) in [5.41, 5.74) is 0.501. The first-order valence-electron chi connectivity index (χ1n) is 8.37. The van der Waals surface area contributed by atoms with Crippen LogP contribution in [0.1, 0.15) is 28.9 Å². The standard InChI is InChI=1S/C19H16BrN3O3S/c1-12-4-6-16(26-12)14-9-15(17-3-2-8-27-17)23(21-14)19(25)11-22-10-13(20)5-7-18(22)24/h2-8,10,15H,9,11H2,1H3. The average molecular weight is 446 g/mol. The van der Waals surface area contributed by atoms with Gasteiger partial charge in [0.05, 0.1) is 6.04 Å². The number of furan rings is 1. The van der Waals surface area contributed by atoms with Crippen molar-refractivity contribution in [1.29, 1.82) is 0 Å². The lowest BCUT2D eigenvalue weighted by Crippen LogP contribution is -2.33. The molecule has 27 heavy (non-hydrogen) atoms. The monoisotopic (exact) mass is 445 g/mol. The SMILES string of the molecule is Cc1ccc(C2=NN(C(=O)Cn3cc(Br)ccc3=O)C(c3cccs3)C2)o1. The molecule has 0 bridgehead atoms. The molecule has 3 aromatic rings. The Morgan fingerprint density at radius 1 is 1.33 bits per heavy atom. The van der Waals surface area contributed by atoms with Gasteiger partial charge >= 0.3 is 0 Å². The highest BCUT2D eigenvalue weighted by atomic mass is 79.9. The van der Waals surface area contributed by atoms with Crippen LogP contribution in [0, 0.1) is 6.92 Å². The van der Waals surface area contributed by atoms with Gasteiger partial charge in [0, 0.05) is 28.0 Å². The molecule has 0 aromatic carbocycles. The molecule has 138 valence electrons. The van der Waals surface area contributed by atoms with E-state index in [0.717, 1.165) is 20.8 Å². The molecule has 0 fully saturated rings. The van der Waals surface area contributed by atoms with Gasteiger partial charge < -0.3 is 8.98 Å². The number of nitrogens with zero attached hydrogens (tertiary/aromatic N) is 3. The summed E-state index contributed by atoms with van der Waals surface area (Å²) in [7, 11) is 0. The van der Waals surface area contributed by atoms with Crippen molar-refractivity contribution in [2.45, 2.75) is 25.9 Å².